The molecule has 0 fully saturated rings. The van der Waals surface area contributed by atoms with Crippen molar-refractivity contribution in [3.8, 4) is 0 Å². The molecule has 1 amide bonds. The quantitative estimate of drug-likeness (QED) is 0.891. The lowest BCUT2D eigenvalue weighted by Gasteiger charge is -2.20. The summed E-state index contributed by atoms with van der Waals surface area (Å²) in [7, 11) is 0. The Morgan fingerprint density at radius 2 is 1.47 bits per heavy atom. The zero-order chi connectivity index (χ0) is 13.2. The first-order chi connectivity index (χ1) is 9.25. The van der Waals surface area contributed by atoms with Gasteiger partial charge in [-0.2, -0.15) is 0 Å². The Labute approximate surface area is 112 Å². The molecule has 3 nitrogen and oxygen atoms in total. The number of carbonyl (C=O) groups excluding carboxylic acids is 1. The van der Waals surface area contributed by atoms with Gasteiger partial charge in [0, 0.05) is 13.1 Å². The van der Waals surface area contributed by atoms with Crippen LogP contribution in [0, 0.1) is 0 Å². The molecule has 1 aliphatic heterocycles. The molecule has 0 aromatic heterocycles. The lowest BCUT2D eigenvalue weighted by molar-refractivity contribution is -0.133. The van der Waals surface area contributed by atoms with Crippen LogP contribution in [0.2, 0.25) is 0 Å². The Bertz CT molecular complexity index is 570. The van der Waals surface area contributed by atoms with E-state index in [0.717, 1.165) is 5.56 Å². The highest BCUT2D eigenvalue weighted by Crippen LogP contribution is 2.25. The lowest BCUT2D eigenvalue weighted by Crippen LogP contribution is -2.35. The molecule has 0 saturated heterocycles. The normalized spacial score (nSPS) is 15.1. The molecule has 96 valence electrons. The maximum absolute atomic E-state index is 12.4. The van der Waals surface area contributed by atoms with Gasteiger partial charge in [0.1, 0.15) is 6.04 Å². The fraction of sp³-hybridized carbons (Fsp3) is 0.188. The third-order valence-electron chi connectivity index (χ3n) is 3.58. The number of hydrogen-bond donors (Lipinski definition) is 1. The fourth-order valence-electron chi connectivity index (χ4n) is 2.49. The van der Waals surface area contributed by atoms with Crippen LogP contribution in [0.1, 0.15) is 22.7 Å². The average molecular weight is 252 g/mol. The predicted molar refractivity (Wildman–Crippen MR) is 74.1 cm³/mol. The number of carbonyl (C=O) groups is 1. The number of nitrogens with zero attached hydrogens (tertiary/aromatic N) is 1. The maximum Gasteiger partial charge on any atom is 0.244 e. The van der Waals surface area contributed by atoms with Gasteiger partial charge >= 0.3 is 0 Å². The van der Waals surface area contributed by atoms with Crippen molar-refractivity contribution in [3.05, 3.63) is 71.3 Å². The first-order valence-corrected chi connectivity index (χ1v) is 6.42. The molecule has 0 spiro atoms. The van der Waals surface area contributed by atoms with E-state index >= 15 is 0 Å². The number of nitrogens with two attached hydrogens (primary N) is 1. The minimum absolute atomic E-state index is 0.0117. The molecule has 1 atom stereocenters. The van der Waals surface area contributed by atoms with Gasteiger partial charge < -0.3 is 10.6 Å². The van der Waals surface area contributed by atoms with Crippen molar-refractivity contribution in [2.24, 2.45) is 5.73 Å². The first kappa shape index (κ1) is 11.9. The van der Waals surface area contributed by atoms with E-state index in [2.05, 4.69) is 12.1 Å². The predicted octanol–water partition coefficient (Wildman–Crippen LogP) is 2.23. The Balaban J connectivity index is 1.77. The van der Waals surface area contributed by atoms with E-state index in [4.69, 9.17) is 5.73 Å². The van der Waals surface area contributed by atoms with Gasteiger partial charge in [0.2, 0.25) is 5.91 Å². The Morgan fingerprint density at radius 1 is 0.947 bits per heavy atom. The van der Waals surface area contributed by atoms with Crippen LogP contribution in [0.15, 0.2) is 54.6 Å². The SMILES string of the molecule is NC(C(=O)N1Cc2ccccc2C1)c1ccccc1. The van der Waals surface area contributed by atoms with Crippen molar-refractivity contribution in [1.29, 1.82) is 0 Å². The van der Waals surface area contributed by atoms with E-state index in [0.29, 0.717) is 13.1 Å². The molecule has 1 aliphatic rings. The minimum atomic E-state index is -0.574. The molecule has 2 aromatic rings. The van der Waals surface area contributed by atoms with Crippen molar-refractivity contribution in [2.45, 2.75) is 19.1 Å². The van der Waals surface area contributed by atoms with Crippen molar-refractivity contribution < 1.29 is 4.79 Å². The van der Waals surface area contributed by atoms with E-state index in [9.17, 15) is 4.79 Å². The Kier molecular flexibility index (Phi) is 3.05. The van der Waals surface area contributed by atoms with Crippen molar-refractivity contribution in [1.82, 2.24) is 4.90 Å². The summed E-state index contributed by atoms with van der Waals surface area (Å²) in [6, 6.07) is 17.1. The molecular weight excluding hydrogens is 236 g/mol. The standard InChI is InChI=1S/C16H16N2O/c17-15(12-6-2-1-3-7-12)16(19)18-10-13-8-4-5-9-14(13)11-18/h1-9,15H,10-11,17H2. The van der Waals surface area contributed by atoms with Crippen molar-refractivity contribution in [2.75, 3.05) is 0 Å². The molecule has 1 unspecified atom stereocenters. The molecular formula is C16H16N2O. The maximum atomic E-state index is 12.4. The van der Waals surface area contributed by atoms with Gasteiger partial charge in [-0.15, -0.1) is 0 Å². The second kappa shape index (κ2) is 4.86. The van der Waals surface area contributed by atoms with Gasteiger partial charge in [-0.1, -0.05) is 54.6 Å². The van der Waals surface area contributed by atoms with E-state index in [1.54, 1.807) is 0 Å². The highest BCUT2D eigenvalue weighted by molar-refractivity contribution is 5.83. The highest BCUT2D eigenvalue weighted by Gasteiger charge is 2.27. The summed E-state index contributed by atoms with van der Waals surface area (Å²) < 4.78 is 0. The van der Waals surface area contributed by atoms with Crippen LogP contribution in [-0.2, 0) is 17.9 Å². The van der Waals surface area contributed by atoms with Crippen LogP contribution < -0.4 is 5.73 Å². The summed E-state index contributed by atoms with van der Waals surface area (Å²) in [6.07, 6.45) is 0. The molecule has 0 saturated carbocycles. The van der Waals surface area contributed by atoms with Crippen LogP contribution in [0.25, 0.3) is 0 Å². The fourth-order valence-corrected chi connectivity index (χ4v) is 2.49. The third kappa shape index (κ3) is 2.25. The molecule has 3 heteroatoms. The summed E-state index contributed by atoms with van der Waals surface area (Å²) in [4.78, 5) is 14.2. The van der Waals surface area contributed by atoms with Gasteiger partial charge in [0.05, 0.1) is 0 Å². The molecule has 1 heterocycles. The number of benzene rings is 2. The van der Waals surface area contributed by atoms with Gasteiger partial charge in [0.25, 0.3) is 0 Å². The molecule has 0 aliphatic carbocycles. The number of fused-ring (bicyclic) bond motifs is 1. The Morgan fingerprint density at radius 3 is 2.05 bits per heavy atom. The monoisotopic (exact) mass is 252 g/mol. The summed E-state index contributed by atoms with van der Waals surface area (Å²) in [6.45, 7) is 1.32. The minimum Gasteiger partial charge on any atom is -0.332 e. The summed E-state index contributed by atoms with van der Waals surface area (Å²) in [5.74, 6) is -0.0117. The van der Waals surface area contributed by atoms with E-state index in [-0.39, 0.29) is 5.91 Å². The number of hydrogen-bond acceptors (Lipinski definition) is 2. The Hall–Kier alpha value is -2.13. The van der Waals surface area contributed by atoms with Crippen LogP contribution in [0.4, 0.5) is 0 Å². The summed E-state index contributed by atoms with van der Waals surface area (Å²) in [5, 5.41) is 0. The van der Waals surface area contributed by atoms with Gasteiger partial charge in [0.15, 0.2) is 0 Å². The van der Waals surface area contributed by atoms with E-state index in [1.165, 1.54) is 11.1 Å². The zero-order valence-corrected chi connectivity index (χ0v) is 10.6. The summed E-state index contributed by atoms with van der Waals surface area (Å²) >= 11 is 0. The second-order valence-corrected chi connectivity index (χ2v) is 4.85. The van der Waals surface area contributed by atoms with Crippen LogP contribution in [0.5, 0.6) is 0 Å². The smallest absolute Gasteiger partial charge is 0.244 e. The van der Waals surface area contributed by atoms with Crippen LogP contribution in [-0.4, -0.2) is 10.8 Å². The largest absolute Gasteiger partial charge is 0.332 e. The van der Waals surface area contributed by atoms with E-state index in [1.807, 2.05) is 47.4 Å². The molecule has 0 radical (unpaired) electrons. The molecule has 2 N–H and O–H groups in total. The van der Waals surface area contributed by atoms with Gasteiger partial charge in [-0.05, 0) is 16.7 Å². The van der Waals surface area contributed by atoms with E-state index < -0.39 is 6.04 Å². The highest BCUT2D eigenvalue weighted by atomic mass is 16.2. The molecule has 3 rings (SSSR count). The van der Waals surface area contributed by atoms with Crippen molar-refractivity contribution >= 4 is 5.91 Å². The van der Waals surface area contributed by atoms with Crippen LogP contribution >= 0.6 is 0 Å². The van der Waals surface area contributed by atoms with Gasteiger partial charge in [-0.3, -0.25) is 4.79 Å². The first-order valence-electron chi connectivity index (χ1n) is 6.42. The average Bonchev–Trinajstić information content (AvgIpc) is 2.90. The van der Waals surface area contributed by atoms with Crippen molar-refractivity contribution in [3.63, 3.8) is 0 Å². The molecule has 2 aromatic carbocycles. The number of amides is 1. The third-order valence-corrected chi connectivity index (χ3v) is 3.58. The topological polar surface area (TPSA) is 46.3 Å². The zero-order valence-electron chi connectivity index (χ0n) is 10.6. The molecule has 0 bridgehead atoms. The number of rotatable bonds is 2. The summed E-state index contributed by atoms with van der Waals surface area (Å²) in [5.41, 5.74) is 9.36. The van der Waals surface area contributed by atoms with Gasteiger partial charge in [-0.25, -0.2) is 0 Å². The second-order valence-electron chi connectivity index (χ2n) is 4.85. The van der Waals surface area contributed by atoms with Crippen LogP contribution in [0.3, 0.4) is 0 Å². The molecule has 19 heavy (non-hydrogen) atoms. The lowest BCUT2D eigenvalue weighted by atomic mass is 10.1.